The molecule has 0 saturated carbocycles. The molecule has 0 aliphatic heterocycles. The highest BCUT2D eigenvalue weighted by atomic mass is 16.5. The number of anilines is 1. The molecule has 120 valence electrons. The summed E-state index contributed by atoms with van der Waals surface area (Å²) in [7, 11) is 1.46. The third-order valence-electron chi connectivity index (χ3n) is 3.47. The predicted molar refractivity (Wildman–Crippen MR) is 86.9 cm³/mol. The van der Waals surface area contributed by atoms with Crippen LogP contribution in [0.4, 0.5) is 5.69 Å². The zero-order valence-corrected chi connectivity index (χ0v) is 13.2. The van der Waals surface area contributed by atoms with Crippen molar-refractivity contribution >= 4 is 22.6 Å². The Kier molecular flexibility index (Phi) is 4.91. The fraction of sp³-hybridized carbons (Fsp3) is 0.294. The third kappa shape index (κ3) is 3.29. The Balaban J connectivity index is 2.77. The van der Waals surface area contributed by atoms with Crippen molar-refractivity contribution < 1.29 is 19.1 Å². The average Bonchev–Trinajstić information content (AvgIpc) is 2.53. The number of carboxylic acid groups (broad SMARTS) is 1. The maximum absolute atomic E-state index is 11.7. The minimum absolute atomic E-state index is 0.324. The lowest BCUT2D eigenvalue weighted by molar-refractivity contribution is 0.0692. The van der Waals surface area contributed by atoms with E-state index < -0.39 is 17.2 Å². The summed E-state index contributed by atoms with van der Waals surface area (Å²) < 4.78 is 9.94. The van der Waals surface area contributed by atoms with Crippen molar-refractivity contribution in [3.8, 4) is 12.0 Å². The molecule has 2 rings (SSSR count). The highest BCUT2D eigenvalue weighted by molar-refractivity contribution is 5.93. The van der Waals surface area contributed by atoms with Gasteiger partial charge >= 0.3 is 11.6 Å². The van der Waals surface area contributed by atoms with Gasteiger partial charge in [0.15, 0.2) is 0 Å². The van der Waals surface area contributed by atoms with Crippen LogP contribution in [0.2, 0.25) is 0 Å². The Hall–Kier alpha value is -2.94. The van der Waals surface area contributed by atoms with Gasteiger partial charge < -0.3 is 19.2 Å². The molecular formula is C17H17NO5. The fourth-order valence-corrected chi connectivity index (χ4v) is 2.34. The summed E-state index contributed by atoms with van der Waals surface area (Å²) in [5.41, 5.74) is 0.529. The summed E-state index contributed by atoms with van der Waals surface area (Å²) in [5.74, 6) is 1.57. The van der Waals surface area contributed by atoms with Gasteiger partial charge in [0, 0.05) is 24.5 Å². The number of carboxylic acids is 1. The van der Waals surface area contributed by atoms with E-state index in [0.29, 0.717) is 16.5 Å². The number of hydrogen-bond acceptors (Lipinski definition) is 5. The van der Waals surface area contributed by atoms with Gasteiger partial charge in [0.25, 0.3) is 0 Å². The molecule has 2 aromatic rings. The van der Waals surface area contributed by atoms with Crippen LogP contribution in [-0.4, -0.2) is 31.3 Å². The number of nitrogens with zero attached hydrogens (tertiary/aromatic N) is 1. The minimum atomic E-state index is -1.32. The molecule has 0 atom stereocenters. The van der Waals surface area contributed by atoms with Gasteiger partial charge in [0.2, 0.25) is 0 Å². The number of hydrogen-bond donors (Lipinski definition) is 1. The van der Waals surface area contributed by atoms with E-state index in [2.05, 4.69) is 16.9 Å². The van der Waals surface area contributed by atoms with Gasteiger partial charge in [0.05, 0.1) is 18.4 Å². The van der Waals surface area contributed by atoms with Gasteiger partial charge in [-0.25, -0.2) is 9.59 Å². The Morgan fingerprint density at radius 1 is 1.30 bits per heavy atom. The smallest absolute Gasteiger partial charge is 0.351 e. The van der Waals surface area contributed by atoms with Gasteiger partial charge in [-0.05, 0) is 31.9 Å². The molecule has 1 heterocycles. The molecule has 0 radical (unpaired) electrons. The van der Waals surface area contributed by atoms with Crippen LogP contribution in [0, 0.1) is 12.0 Å². The van der Waals surface area contributed by atoms with Crippen molar-refractivity contribution in [1.29, 1.82) is 0 Å². The third-order valence-corrected chi connectivity index (χ3v) is 3.47. The van der Waals surface area contributed by atoms with Crippen LogP contribution in [-0.2, 0) is 4.74 Å². The topological polar surface area (TPSA) is 80.0 Å². The van der Waals surface area contributed by atoms with E-state index in [0.717, 1.165) is 18.8 Å². The minimum Gasteiger partial charge on any atom is -0.477 e. The monoisotopic (exact) mass is 315 g/mol. The first-order valence-electron chi connectivity index (χ1n) is 7.15. The summed E-state index contributed by atoms with van der Waals surface area (Å²) in [6.45, 7) is 5.51. The molecule has 0 aliphatic carbocycles. The summed E-state index contributed by atoms with van der Waals surface area (Å²) >= 11 is 0. The van der Waals surface area contributed by atoms with Crippen LogP contribution in [0.25, 0.3) is 11.0 Å². The zero-order valence-electron chi connectivity index (χ0n) is 13.2. The highest BCUT2D eigenvalue weighted by Crippen LogP contribution is 2.26. The van der Waals surface area contributed by atoms with E-state index in [-0.39, 0.29) is 0 Å². The van der Waals surface area contributed by atoms with E-state index in [1.54, 1.807) is 12.1 Å². The standard InChI is InChI=1S/C17H17NO5/c1-4-18(5-2)14-10-15-12(8-11(14)6-7-22-3)9-13(16(19)20)17(21)23-15/h8-10H,4-5H2,1-3H3,(H,19,20). The Morgan fingerprint density at radius 2 is 2.00 bits per heavy atom. The first-order chi connectivity index (χ1) is 11.0. The maximum atomic E-state index is 11.7. The number of rotatable bonds is 4. The summed E-state index contributed by atoms with van der Waals surface area (Å²) in [4.78, 5) is 24.9. The van der Waals surface area contributed by atoms with Crippen LogP contribution < -0.4 is 10.5 Å². The zero-order chi connectivity index (χ0) is 17.0. The molecule has 23 heavy (non-hydrogen) atoms. The number of methoxy groups -OCH3 is 1. The largest absolute Gasteiger partial charge is 0.477 e. The molecule has 6 heteroatoms. The summed E-state index contributed by atoms with van der Waals surface area (Å²) in [6.07, 6.45) is 2.54. The number of benzene rings is 1. The summed E-state index contributed by atoms with van der Waals surface area (Å²) in [5, 5.41) is 9.54. The Labute approximate surface area is 133 Å². The van der Waals surface area contributed by atoms with Crippen LogP contribution in [0.3, 0.4) is 0 Å². The number of aromatic carboxylic acids is 1. The van der Waals surface area contributed by atoms with Crippen molar-refractivity contribution in [2.45, 2.75) is 13.8 Å². The second-order valence-electron chi connectivity index (χ2n) is 4.76. The van der Waals surface area contributed by atoms with E-state index in [1.165, 1.54) is 13.2 Å². The SMILES string of the molecule is CCN(CC)c1cc2oc(=O)c(C(=O)O)cc2cc1C#COC. The fourth-order valence-electron chi connectivity index (χ4n) is 2.34. The van der Waals surface area contributed by atoms with Crippen molar-refractivity contribution in [3.63, 3.8) is 0 Å². The van der Waals surface area contributed by atoms with Gasteiger partial charge in [-0.1, -0.05) is 0 Å². The molecule has 0 amide bonds. The molecule has 0 spiro atoms. The second-order valence-corrected chi connectivity index (χ2v) is 4.76. The van der Waals surface area contributed by atoms with Crippen LogP contribution in [0.5, 0.6) is 0 Å². The molecule has 0 unspecified atom stereocenters. The average molecular weight is 315 g/mol. The van der Waals surface area contributed by atoms with Crippen LogP contribution in [0.1, 0.15) is 29.8 Å². The number of carbonyl (C=O) groups is 1. The molecule has 0 fully saturated rings. The summed E-state index contributed by atoms with van der Waals surface area (Å²) in [6, 6.07) is 4.70. The molecule has 0 aliphatic rings. The lowest BCUT2D eigenvalue weighted by Gasteiger charge is -2.22. The Morgan fingerprint density at radius 3 is 2.57 bits per heavy atom. The van der Waals surface area contributed by atoms with Crippen molar-refractivity contribution in [2.75, 3.05) is 25.1 Å². The van der Waals surface area contributed by atoms with Crippen LogP contribution in [0.15, 0.2) is 27.4 Å². The molecule has 0 saturated heterocycles. The highest BCUT2D eigenvalue weighted by Gasteiger charge is 2.15. The van der Waals surface area contributed by atoms with Crippen molar-refractivity contribution in [1.82, 2.24) is 0 Å². The quantitative estimate of drug-likeness (QED) is 0.689. The molecule has 6 nitrogen and oxygen atoms in total. The normalized spacial score (nSPS) is 10.0. The van der Waals surface area contributed by atoms with Crippen molar-refractivity contribution in [3.05, 3.63) is 39.7 Å². The van der Waals surface area contributed by atoms with Gasteiger partial charge in [-0.15, -0.1) is 0 Å². The number of fused-ring (bicyclic) bond motifs is 1. The predicted octanol–water partition coefficient (Wildman–Crippen LogP) is 2.29. The molecule has 0 bridgehead atoms. The first kappa shape index (κ1) is 16.4. The lowest BCUT2D eigenvalue weighted by atomic mass is 10.1. The Bertz CT molecular complexity index is 853. The van der Waals surface area contributed by atoms with Crippen LogP contribution >= 0.6 is 0 Å². The molecular weight excluding hydrogens is 298 g/mol. The van der Waals surface area contributed by atoms with E-state index in [1.807, 2.05) is 13.8 Å². The molecule has 1 aromatic heterocycles. The maximum Gasteiger partial charge on any atom is 0.351 e. The first-order valence-corrected chi connectivity index (χ1v) is 7.15. The van der Waals surface area contributed by atoms with Gasteiger partial charge in [-0.3, -0.25) is 0 Å². The van der Waals surface area contributed by atoms with Crippen molar-refractivity contribution in [2.24, 2.45) is 0 Å². The van der Waals surface area contributed by atoms with Gasteiger partial charge in [0.1, 0.15) is 17.3 Å². The second kappa shape index (κ2) is 6.88. The lowest BCUT2D eigenvalue weighted by Crippen LogP contribution is -2.23. The van der Waals surface area contributed by atoms with Gasteiger partial charge in [-0.2, -0.15) is 0 Å². The molecule has 1 aromatic carbocycles. The van der Waals surface area contributed by atoms with E-state index >= 15 is 0 Å². The van der Waals surface area contributed by atoms with E-state index in [4.69, 9.17) is 14.3 Å². The molecule has 1 N–H and O–H groups in total. The number of ether oxygens (including phenoxy) is 1. The van der Waals surface area contributed by atoms with E-state index in [9.17, 15) is 9.59 Å².